The number of rotatable bonds is 12. The molecule has 0 atom stereocenters. The number of amides is 2. The van der Waals surface area contributed by atoms with E-state index in [1.807, 2.05) is 72.8 Å². The second-order valence-corrected chi connectivity index (χ2v) is 7.57. The molecule has 0 aliphatic rings. The number of hydrazone groups is 1. The summed E-state index contributed by atoms with van der Waals surface area (Å²) in [7, 11) is 3.15. The van der Waals surface area contributed by atoms with E-state index in [1.165, 1.54) is 6.21 Å². The molecular weight excluding hydrogens is 446 g/mol. The largest absolute Gasteiger partial charge is 0.493 e. The lowest BCUT2D eigenvalue weighted by molar-refractivity contribution is -0.129. The highest BCUT2D eigenvalue weighted by molar-refractivity contribution is 5.97. The van der Waals surface area contributed by atoms with E-state index in [0.717, 1.165) is 11.1 Å². The van der Waals surface area contributed by atoms with Gasteiger partial charge in [-0.05, 0) is 41.8 Å². The van der Waals surface area contributed by atoms with Gasteiger partial charge in [0.2, 0.25) is 11.8 Å². The van der Waals surface area contributed by atoms with Crippen LogP contribution in [0.4, 0.5) is 0 Å². The number of ether oxygens (including phenoxy) is 3. The van der Waals surface area contributed by atoms with E-state index in [0.29, 0.717) is 42.4 Å². The first-order valence-electron chi connectivity index (χ1n) is 11.1. The number of carbonyl (C=O) groups excluding carboxylic acids is 2. The molecule has 182 valence electrons. The van der Waals surface area contributed by atoms with E-state index >= 15 is 0 Å². The van der Waals surface area contributed by atoms with Gasteiger partial charge in [-0.3, -0.25) is 9.59 Å². The maximum absolute atomic E-state index is 12.1. The Morgan fingerprint density at radius 1 is 0.829 bits per heavy atom. The van der Waals surface area contributed by atoms with Crippen LogP contribution in [0, 0.1) is 0 Å². The Labute approximate surface area is 204 Å². The molecule has 3 aromatic carbocycles. The van der Waals surface area contributed by atoms with Gasteiger partial charge in [0.05, 0.1) is 20.4 Å². The number of nitrogens with zero attached hydrogens (tertiary/aromatic N) is 1. The van der Waals surface area contributed by atoms with Gasteiger partial charge >= 0.3 is 0 Å². The first-order valence-corrected chi connectivity index (χ1v) is 11.1. The first kappa shape index (κ1) is 25.3. The molecule has 3 rings (SSSR count). The lowest BCUT2D eigenvalue weighted by atomic mass is 10.1. The summed E-state index contributed by atoms with van der Waals surface area (Å²) in [6.07, 6.45) is 1.76. The molecule has 0 unspecified atom stereocenters. The molecule has 0 spiro atoms. The molecule has 0 bridgehead atoms. The van der Waals surface area contributed by atoms with Crippen molar-refractivity contribution in [1.82, 2.24) is 10.7 Å². The van der Waals surface area contributed by atoms with Gasteiger partial charge in [0.15, 0.2) is 11.5 Å². The zero-order valence-electron chi connectivity index (χ0n) is 19.8. The van der Waals surface area contributed by atoms with Crippen LogP contribution in [0.15, 0.2) is 77.9 Å². The number of carbonyl (C=O) groups is 2. The van der Waals surface area contributed by atoms with Gasteiger partial charge in [-0.2, -0.15) is 5.10 Å². The van der Waals surface area contributed by atoms with Crippen molar-refractivity contribution in [2.24, 2.45) is 5.10 Å². The van der Waals surface area contributed by atoms with Crippen molar-refractivity contribution in [3.8, 4) is 17.2 Å². The van der Waals surface area contributed by atoms with E-state index in [1.54, 1.807) is 14.2 Å². The van der Waals surface area contributed by atoms with Crippen LogP contribution < -0.4 is 25.0 Å². The maximum Gasteiger partial charge on any atom is 0.249 e. The molecule has 0 heterocycles. The molecule has 0 radical (unpaired) electrons. The molecule has 0 fully saturated rings. The smallest absolute Gasteiger partial charge is 0.249 e. The fourth-order valence-electron chi connectivity index (χ4n) is 3.26. The molecule has 8 heteroatoms. The molecule has 35 heavy (non-hydrogen) atoms. The predicted molar refractivity (Wildman–Crippen MR) is 134 cm³/mol. The second kappa shape index (κ2) is 13.4. The summed E-state index contributed by atoms with van der Waals surface area (Å²) in [5.74, 6) is 1.02. The fraction of sp³-hybridized carbons (Fsp3) is 0.222. The van der Waals surface area contributed by atoms with Gasteiger partial charge in [0, 0.05) is 12.1 Å². The van der Waals surface area contributed by atoms with Gasteiger partial charge in [-0.1, -0.05) is 48.5 Å². The Hall–Kier alpha value is -4.33. The Kier molecular flexibility index (Phi) is 9.68. The van der Waals surface area contributed by atoms with Gasteiger partial charge in [-0.25, -0.2) is 5.43 Å². The molecule has 3 aromatic rings. The summed E-state index contributed by atoms with van der Waals surface area (Å²) in [6, 6.07) is 22.8. The molecule has 0 aromatic heterocycles. The summed E-state index contributed by atoms with van der Waals surface area (Å²) < 4.78 is 16.4. The van der Waals surface area contributed by atoms with Crippen molar-refractivity contribution in [2.75, 3.05) is 20.8 Å². The minimum absolute atomic E-state index is 0.324. The van der Waals surface area contributed by atoms with Crippen LogP contribution in [0.25, 0.3) is 0 Å². The first-order chi connectivity index (χ1) is 17.1. The summed E-state index contributed by atoms with van der Waals surface area (Å²) >= 11 is 0. The second-order valence-electron chi connectivity index (χ2n) is 7.57. The van der Waals surface area contributed by atoms with Gasteiger partial charge < -0.3 is 19.5 Å². The summed E-state index contributed by atoms with van der Waals surface area (Å²) in [4.78, 5) is 24.2. The zero-order chi connectivity index (χ0) is 24.9. The third-order valence-corrected chi connectivity index (χ3v) is 5.05. The van der Waals surface area contributed by atoms with Gasteiger partial charge in [0.25, 0.3) is 0 Å². The maximum atomic E-state index is 12.1. The highest BCUT2D eigenvalue weighted by atomic mass is 16.5. The molecule has 0 saturated heterocycles. The van der Waals surface area contributed by atoms with Crippen LogP contribution in [0.3, 0.4) is 0 Å². The van der Waals surface area contributed by atoms with Crippen molar-refractivity contribution in [3.05, 3.63) is 89.5 Å². The number of benzene rings is 3. The van der Waals surface area contributed by atoms with Crippen LogP contribution in [0.1, 0.15) is 23.1 Å². The quantitative estimate of drug-likeness (QED) is 0.237. The Morgan fingerprint density at radius 3 is 2.34 bits per heavy atom. The summed E-state index contributed by atoms with van der Waals surface area (Å²) in [5.41, 5.74) is 5.12. The normalized spacial score (nSPS) is 10.6. The lowest BCUT2D eigenvalue weighted by Crippen LogP contribution is -2.31. The van der Waals surface area contributed by atoms with Gasteiger partial charge in [0.1, 0.15) is 18.8 Å². The number of hydrogen-bond acceptors (Lipinski definition) is 6. The number of para-hydroxylation sites is 1. The van der Waals surface area contributed by atoms with Crippen molar-refractivity contribution >= 4 is 18.0 Å². The lowest BCUT2D eigenvalue weighted by Gasteiger charge is -2.10. The number of nitrogens with one attached hydrogen (secondary N) is 2. The highest BCUT2D eigenvalue weighted by Gasteiger charge is 2.09. The molecule has 0 aliphatic heterocycles. The highest BCUT2D eigenvalue weighted by Crippen LogP contribution is 2.27. The third-order valence-electron chi connectivity index (χ3n) is 5.05. The van der Waals surface area contributed by atoms with E-state index in [9.17, 15) is 9.59 Å². The third kappa shape index (κ3) is 8.19. The standard InChI is InChI=1S/C27H29N3O5/c1-33-24-13-12-20(16-25(24)34-2)14-15-28-26(31)17-27(32)30-29-18-22-10-6-7-11-23(22)35-19-21-8-4-3-5-9-21/h3-13,16,18H,14-15,17,19H2,1-2H3,(H,28,31)(H,30,32)/b29-18-. The van der Waals surface area contributed by atoms with E-state index in [-0.39, 0.29) is 12.3 Å². The predicted octanol–water partition coefficient (Wildman–Crippen LogP) is 3.48. The monoisotopic (exact) mass is 475 g/mol. The Bertz CT molecular complexity index is 1150. The van der Waals surface area contributed by atoms with Crippen molar-refractivity contribution in [3.63, 3.8) is 0 Å². The molecule has 8 nitrogen and oxygen atoms in total. The SMILES string of the molecule is COc1ccc(CCNC(=O)CC(=O)N/N=C\c2ccccc2OCc2ccccc2)cc1OC. The number of hydrogen-bond donors (Lipinski definition) is 2. The van der Waals surface area contributed by atoms with E-state index < -0.39 is 5.91 Å². The van der Waals surface area contributed by atoms with E-state index in [4.69, 9.17) is 14.2 Å². The van der Waals surface area contributed by atoms with Crippen molar-refractivity contribution < 1.29 is 23.8 Å². The van der Waals surface area contributed by atoms with Gasteiger partial charge in [-0.15, -0.1) is 0 Å². The zero-order valence-corrected chi connectivity index (χ0v) is 19.8. The number of methoxy groups -OCH3 is 2. The topological polar surface area (TPSA) is 98.2 Å². The molecular formula is C27H29N3O5. The Morgan fingerprint density at radius 2 is 1.57 bits per heavy atom. The molecule has 0 saturated carbocycles. The molecule has 2 N–H and O–H groups in total. The minimum Gasteiger partial charge on any atom is -0.493 e. The average Bonchev–Trinajstić information content (AvgIpc) is 2.88. The van der Waals surface area contributed by atoms with Crippen molar-refractivity contribution in [2.45, 2.75) is 19.4 Å². The van der Waals surface area contributed by atoms with Crippen LogP contribution in [0.2, 0.25) is 0 Å². The van der Waals surface area contributed by atoms with E-state index in [2.05, 4.69) is 15.8 Å². The van der Waals surface area contributed by atoms with Crippen LogP contribution in [-0.2, 0) is 22.6 Å². The molecule has 2 amide bonds. The summed E-state index contributed by atoms with van der Waals surface area (Å²) in [6.45, 7) is 0.804. The molecule has 0 aliphatic carbocycles. The minimum atomic E-state index is -0.507. The average molecular weight is 476 g/mol. The summed E-state index contributed by atoms with van der Waals surface area (Å²) in [5, 5.41) is 6.70. The fourth-order valence-corrected chi connectivity index (χ4v) is 3.26. The van der Waals surface area contributed by atoms with Crippen LogP contribution >= 0.6 is 0 Å². The van der Waals surface area contributed by atoms with Crippen LogP contribution in [0.5, 0.6) is 17.2 Å². The van der Waals surface area contributed by atoms with Crippen LogP contribution in [-0.4, -0.2) is 38.8 Å². The van der Waals surface area contributed by atoms with Crippen molar-refractivity contribution in [1.29, 1.82) is 0 Å². The Balaban J connectivity index is 1.42.